The predicted molar refractivity (Wildman–Crippen MR) is 97.0 cm³/mol. The van der Waals surface area contributed by atoms with Crippen molar-refractivity contribution in [3.8, 4) is 16.9 Å². The average molecular weight is 304 g/mol. The van der Waals surface area contributed by atoms with Crippen LogP contribution in [0, 0.1) is 0 Å². The van der Waals surface area contributed by atoms with Crippen LogP contribution in [0.3, 0.4) is 0 Å². The molecule has 0 saturated heterocycles. The predicted octanol–water partition coefficient (Wildman–Crippen LogP) is 5.44. The van der Waals surface area contributed by atoms with Crippen molar-refractivity contribution in [1.82, 2.24) is 9.55 Å². The van der Waals surface area contributed by atoms with Crippen LogP contribution >= 0.6 is 0 Å². The van der Waals surface area contributed by atoms with E-state index in [4.69, 9.17) is 4.98 Å². The molecule has 0 aliphatic carbocycles. The Labute approximate surface area is 138 Å². The average Bonchev–Trinajstić information content (AvgIpc) is 3.05. The van der Waals surface area contributed by atoms with Crippen molar-refractivity contribution < 1.29 is 0 Å². The minimum atomic E-state index is 1.01. The number of imidazole rings is 1. The van der Waals surface area contributed by atoms with Crippen LogP contribution in [-0.4, -0.2) is 9.55 Å². The summed E-state index contributed by atoms with van der Waals surface area (Å²) < 4.78 is 2.25. The molecular weight excluding hydrogens is 280 g/mol. The fourth-order valence-electron chi connectivity index (χ4n) is 2.79. The van der Waals surface area contributed by atoms with Crippen molar-refractivity contribution in [2.24, 2.45) is 0 Å². The Kier molecular flexibility index (Phi) is 4.92. The molecule has 0 N–H and O–H groups in total. The highest BCUT2D eigenvalue weighted by Gasteiger charge is 2.10. The summed E-state index contributed by atoms with van der Waals surface area (Å²) in [6.45, 7) is 4.41. The molecule has 0 radical (unpaired) electrons. The zero-order valence-corrected chi connectivity index (χ0v) is 14.0. The van der Waals surface area contributed by atoms with Gasteiger partial charge in [-0.25, -0.2) is 4.98 Å². The fraction of sp³-hybridized carbons (Fsp3) is 0.286. The lowest BCUT2D eigenvalue weighted by molar-refractivity contribution is 0.739. The van der Waals surface area contributed by atoms with E-state index >= 15 is 0 Å². The van der Waals surface area contributed by atoms with Crippen molar-refractivity contribution in [2.75, 3.05) is 0 Å². The first-order valence-corrected chi connectivity index (χ1v) is 8.54. The van der Waals surface area contributed by atoms with Gasteiger partial charge in [-0.2, -0.15) is 0 Å². The van der Waals surface area contributed by atoms with Crippen LogP contribution in [0.15, 0.2) is 60.8 Å². The number of unbranched alkanes of at least 4 members (excludes halogenated alkanes) is 1. The van der Waals surface area contributed by atoms with E-state index in [0.717, 1.165) is 30.8 Å². The second kappa shape index (κ2) is 7.28. The van der Waals surface area contributed by atoms with Crippen LogP contribution < -0.4 is 0 Å². The number of rotatable bonds is 6. The Bertz CT molecular complexity index is 739. The van der Waals surface area contributed by atoms with Gasteiger partial charge in [-0.05, 0) is 30.5 Å². The topological polar surface area (TPSA) is 17.8 Å². The Hall–Kier alpha value is -2.35. The number of nitrogens with zero attached hydrogens (tertiary/aromatic N) is 2. The molecule has 0 unspecified atom stereocenters. The molecule has 118 valence electrons. The summed E-state index contributed by atoms with van der Waals surface area (Å²) in [7, 11) is 0. The minimum Gasteiger partial charge on any atom is -0.303 e. The van der Waals surface area contributed by atoms with E-state index in [1.165, 1.54) is 23.2 Å². The standard InChI is InChI=1S/C21H24N2/c1-3-5-11-21-22-20(18-9-7-6-8-10-18)16-23(21)19-14-12-17(4-2)13-15-19/h6-10,12-16H,3-5,11H2,1-2H3. The van der Waals surface area contributed by atoms with E-state index in [0.29, 0.717) is 0 Å². The van der Waals surface area contributed by atoms with Gasteiger partial charge in [0.15, 0.2) is 0 Å². The van der Waals surface area contributed by atoms with Crippen LogP contribution in [0.2, 0.25) is 0 Å². The van der Waals surface area contributed by atoms with Crippen molar-refractivity contribution >= 4 is 0 Å². The van der Waals surface area contributed by atoms with Crippen LogP contribution in [0.4, 0.5) is 0 Å². The summed E-state index contributed by atoms with van der Waals surface area (Å²) >= 11 is 0. The SMILES string of the molecule is CCCCc1nc(-c2ccccc2)cn1-c1ccc(CC)cc1. The Morgan fingerprint density at radius 2 is 1.65 bits per heavy atom. The molecule has 23 heavy (non-hydrogen) atoms. The van der Waals surface area contributed by atoms with Gasteiger partial charge < -0.3 is 4.57 Å². The van der Waals surface area contributed by atoms with Crippen molar-refractivity contribution in [3.05, 3.63) is 72.2 Å². The molecule has 0 amide bonds. The van der Waals surface area contributed by atoms with E-state index in [1.54, 1.807) is 0 Å². The van der Waals surface area contributed by atoms with Gasteiger partial charge in [0.05, 0.1) is 5.69 Å². The highest BCUT2D eigenvalue weighted by atomic mass is 15.1. The van der Waals surface area contributed by atoms with Crippen LogP contribution in [0.1, 0.15) is 38.1 Å². The lowest BCUT2D eigenvalue weighted by atomic mass is 10.1. The van der Waals surface area contributed by atoms with Gasteiger partial charge in [0.2, 0.25) is 0 Å². The highest BCUT2D eigenvalue weighted by Crippen LogP contribution is 2.22. The molecule has 2 aromatic carbocycles. The van der Waals surface area contributed by atoms with Crippen molar-refractivity contribution in [3.63, 3.8) is 0 Å². The van der Waals surface area contributed by atoms with E-state index < -0.39 is 0 Å². The van der Waals surface area contributed by atoms with E-state index in [2.05, 4.69) is 73.1 Å². The molecule has 1 aromatic heterocycles. The van der Waals surface area contributed by atoms with Gasteiger partial charge in [0.25, 0.3) is 0 Å². The smallest absolute Gasteiger partial charge is 0.113 e. The fourth-order valence-corrected chi connectivity index (χ4v) is 2.79. The van der Waals surface area contributed by atoms with Gasteiger partial charge in [-0.15, -0.1) is 0 Å². The first-order chi connectivity index (χ1) is 11.3. The van der Waals surface area contributed by atoms with E-state index in [9.17, 15) is 0 Å². The molecule has 0 spiro atoms. The lowest BCUT2D eigenvalue weighted by Gasteiger charge is -2.08. The number of hydrogen-bond acceptors (Lipinski definition) is 1. The monoisotopic (exact) mass is 304 g/mol. The third-order valence-electron chi connectivity index (χ3n) is 4.23. The molecule has 0 aliphatic heterocycles. The molecule has 0 atom stereocenters. The molecule has 0 fully saturated rings. The highest BCUT2D eigenvalue weighted by molar-refractivity contribution is 5.59. The molecule has 3 aromatic rings. The minimum absolute atomic E-state index is 1.01. The molecule has 0 saturated carbocycles. The molecule has 2 heteroatoms. The molecule has 2 nitrogen and oxygen atoms in total. The van der Waals surface area contributed by atoms with Crippen LogP contribution in [0.5, 0.6) is 0 Å². The molecule has 3 rings (SSSR count). The molecule has 1 heterocycles. The Balaban J connectivity index is 2.00. The first-order valence-electron chi connectivity index (χ1n) is 8.54. The molecular formula is C21H24N2. The summed E-state index contributed by atoms with van der Waals surface area (Å²) in [6, 6.07) is 19.2. The lowest BCUT2D eigenvalue weighted by Crippen LogP contribution is -2.00. The zero-order chi connectivity index (χ0) is 16.1. The summed E-state index contributed by atoms with van der Waals surface area (Å²) in [4.78, 5) is 4.90. The quantitative estimate of drug-likeness (QED) is 0.592. The third kappa shape index (κ3) is 3.53. The van der Waals surface area contributed by atoms with Gasteiger partial charge in [-0.1, -0.05) is 62.7 Å². The van der Waals surface area contributed by atoms with Crippen molar-refractivity contribution in [1.29, 1.82) is 0 Å². The van der Waals surface area contributed by atoms with Gasteiger partial charge >= 0.3 is 0 Å². The zero-order valence-electron chi connectivity index (χ0n) is 14.0. The van der Waals surface area contributed by atoms with Gasteiger partial charge in [0, 0.05) is 23.9 Å². The Morgan fingerprint density at radius 3 is 2.30 bits per heavy atom. The maximum Gasteiger partial charge on any atom is 0.113 e. The maximum absolute atomic E-state index is 4.90. The molecule has 0 bridgehead atoms. The molecule has 0 aliphatic rings. The van der Waals surface area contributed by atoms with E-state index in [1.807, 2.05) is 6.07 Å². The van der Waals surface area contributed by atoms with Crippen LogP contribution in [0.25, 0.3) is 16.9 Å². The normalized spacial score (nSPS) is 10.9. The third-order valence-corrected chi connectivity index (χ3v) is 4.23. The van der Waals surface area contributed by atoms with Crippen LogP contribution in [-0.2, 0) is 12.8 Å². The first kappa shape index (κ1) is 15.5. The maximum atomic E-state index is 4.90. The number of aryl methyl sites for hydroxylation is 2. The van der Waals surface area contributed by atoms with Gasteiger partial charge in [0.1, 0.15) is 5.82 Å². The summed E-state index contributed by atoms with van der Waals surface area (Å²) in [5.74, 6) is 1.15. The number of aromatic nitrogens is 2. The summed E-state index contributed by atoms with van der Waals surface area (Å²) in [6.07, 6.45) is 6.60. The van der Waals surface area contributed by atoms with Crippen molar-refractivity contribution in [2.45, 2.75) is 39.5 Å². The number of benzene rings is 2. The summed E-state index contributed by atoms with van der Waals surface area (Å²) in [5.41, 5.74) is 4.79. The largest absolute Gasteiger partial charge is 0.303 e. The van der Waals surface area contributed by atoms with Gasteiger partial charge in [-0.3, -0.25) is 0 Å². The second-order valence-corrected chi connectivity index (χ2v) is 5.90. The Morgan fingerprint density at radius 1 is 0.913 bits per heavy atom. The second-order valence-electron chi connectivity index (χ2n) is 5.90. The number of hydrogen-bond donors (Lipinski definition) is 0. The van der Waals surface area contributed by atoms with E-state index in [-0.39, 0.29) is 0 Å². The summed E-state index contributed by atoms with van der Waals surface area (Å²) in [5, 5.41) is 0.